The third-order valence-corrected chi connectivity index (χ3v) is 6.55. The predicted octanol–water partition coefficient (Wildman–Crippen LogP) is 0.680. The van der Waals surface area contributed by atoms with Crippen LogP contribution in [0.2, 0.25) is 0 Å². The molecule has 2 aliphatic heterocycles. The molecule has 1 aliphatic carbocycles. The Bertz CT molecular complexity index is 1130. The summed E-state index contributed by atoms with van der Waals surface area (Å²) in [6, 6.07) is 3.86. The zero-order valence-corrected chi connectivity index (χ0v) is 19.2. The number of carbonyl (C=O) groups is 2. The van der Waals surface area contributed by atoms with Gasteiger partial charge in [-0.3, -0.25) is 24.6 Å². The zero-order valence-electron chi connectivity index (χ0n) is 19.2. The molecule has 0 bridgehead atoms. The number of dihydropyridines is 1. The van der Waals surface area contributed by atoms with E-state index in [0.717, 1.165) is 12.1 Å². The van der Waals surface area contributed by atoms with Gasteiger partial charge >= 0.3 is 0 Å². The summed E-state index contributed by atoms with van der Waals surface area (Å²) in [5.41, 5.74) is 6.91. The van der Waals surface area contributed by atoms with Crippen LogP contribution < -0.4 is 21.7 Å². The summed E-state index contributed by atoms with van der Waals surface area (Å²) in [5, 5.41) is 14.2. The second kappa shape index (κ2) is 9.03. The van der Waals surface area contributed by atoms with Gasteiger partial charge in [-0.15, -0.1) is 0 Å². The number of aromatic nitrogens is 3. The Morgan fingerprint density at radius 2 is 2.00 bits per heavy atom. The van der Waals surface area contributed by atoms with Gasteiger partial charge in [-0.05, 0) is 55.2 Å². The van der Waals surface area contributed by atoms with Gasteiger partial charge in [0.05, 0.1) is 5.69 Å². The van der Waals surface area contributed by atoms with E-state index in [1.165, 1.54) is 17.5 Å². The van der Waals surface area contributed by atoms with Crippen LogP contribution >= 0.6 is 0 Å². The fourth-order valence-electron chi connectivity index (χ4n) is 4.29. The van der Waals surface area contributed by atoms with E-state index in [9.17, 15) is 9.59 Å². The highest BCUT2D eigenvalue weighted by Crippen LogP contribution is 2.31. The van der Waals surface area contributed by atoms with Gasteiger partial charge in [0.2, 0.25) is 0 Å². The molecule has 34 heavy (non-hydrogen) atoms. The Morgan fingerprint density at radius 3 is 2.71 bits per heavy atom. The molecule has 2 aromatic heterocycles. The lowest BCUT2D eigenvalue weighted by molar-refractivity contribution is -0.113. The monoisotopic (exact) mass is 462 g/mol. The standard InChI is InChI=1S/C24H30N8O2/c1-31-15-20(21(30-31)23(34)32-13-17(11-25)14-32)28-22(33)19-3-2-8-24(29-19,27-12-16-4-5-16)18-6-9-26-10-7-18/h2-3,6-10,15-17,27,29H,4-5,11-14,25H2,1H3,(H,28,33). The summed E-state index contributed by atoms with van der Waals surface area (Å²) in [4.78, 5) is 32.0. The lowest BCUT2D eigenvalue weighted by Gasteiger charge is -2.38. The van der Waals surface area contributed by atoms with Crippen LogP contribution in [0.15, 0.2) is 54.6 Å². The second-order valence-corrected chi connectivity index (χ2v) is 9.26. The van der Waals surface area contributed by atoms with Gasteiger partial charge in [0, 0.05) is 51.2 Å². The quantitative estimate of drug-likeness (QED) is 0.454. The van der Waals surface area contributed by atoms with Gasteiger partial charge in [-0.2, -0.15) is 5.10 Å². The minimum absolute atomic E-state index is 0.205. The summed E-state index contributed by atoms with van der Waals surface area (Å²) in [6.07, 6.45) is 13.2. The first-order valence-corrected chi connectivity index (χ1v) is 11.6. The average Bonchev–Trinajstić information content (AvgIpc) is 3.59. The highest BCUT2D eigenvalue weighted by molar-refractivity contribution is 6.08. The molecule has 1 atom stereocenters. The number of nitrogens with zero attached hydrogens (tertiary/aromatic N) is 4. The Balaban J connectivity index is 1.33. The number of allylic oxidation sites excluding steroid dienone is 2. The Morgan fingerprint density at radius 1 is 1.24 bits per heavy atom. The second-order valence-electron chi connectivity index (χ2n) is 9.26. The number of amides is 2. The molecule has 10 nitrogen and oxygen atoms in total. The maximum Gasteiger partial charge on any atom is 0.276 e. The molecule has 1 unspecified atom stereocenters. The topological polar surface area (TPSA) is 130 Å². The van der Waals surface area contributed by atoms with Crippen molar-refractivity contribution in [3.8, 4) is 0 Å². The van der Waals surface area contributed by atoms with Gasteiger partial charge < -0.3 is 21.3 Å². The van der Waals surface area contributed by atoms with Crippen LogP contribution in [-0.4, -0.2) is 57.7 Å². The predicted molar refractivity (Wildman–Crippen MR) is 127 cm³/mol. The molecule has 0 aromatic carbocycles. The third kappa shape index (κ3) is 4.46. The van der Waals surface area contributed by atoms with E-state index in [1.54, 1.807) is 36.6 Å². The number of carbonyl (C=O) groups excluding carboxylic acids is 2. The molecule has 0 spiro atoms. The van der Waals surface area contributed by atoms with Crippen LogP contribution in [0.5, 0.6) is 0 Å². The first kappa shape index (κ1) is 22.3. The molecular formula is C24H30N8O2. The van der Waals surface area contributed by atoms with E-state index in [4.69, 9.17) is 5.73 Å². The summed E-state index contributed by atoms with van der Waals surface area (Å²) < 4.78 is 1.53. The molecule has 2 amide bonds. The van der Waals surface area contributed by atoms with Gasteiger partial charge in [0.25, 0.3) is 11.8 Å². The van der Waals surface area contributed by atoms with Crippen molar-refractivity contribution in [2.24, 2.45) is 24.6 Å². The van der Waals surface area contributed by atoms with Crippen molar-refractivity contribution >= 4 is 17.5 Å². The normalized spacial score (nSPS) is 22.1. The molecule has 5 N–H and O–H groups in total. The van der Waals surface area contributed by atoms with Gasteiger partial charge in [-0.1, -0.05) is 6.08 Å². The molecule has 10 heteroatoms. The molecule has 5 rings (SSSR count). The first-order valence-electron chi connectivity index (χ1n) is 11.6. The summed E-state index contributed by atoms with van der Waals surface area (Å²) >= 11 is 0. The summed E-state index contributed by atoms with van der Waals surface area (Å²) in [5.74, 6) is 0.421. The van der Waals surface area contributed by atoms with Crippen LogP contribution in [-0.2, 0) is 17.5 Å². The Hall–Kier alpha value is -3.50. The van der Waals surface area contributed by atoms with E-state index < -0.39 is 5.66 Å². The lowest BCUT2D eigenvalue weighted by atomic mass is 9.96. The highest BCUT2D eigenvalue weighted by atomic mass is 16.2. The summed E-state index contributed by atoms with van der Waals surface area (Å²) in [7, 11) is 1.72. The fraction of sp³-hybridized carbons (Fsp3) is 0.417. The van der Waals surface area contributed by atoms with E-state index >= 15 is 0 Å². The average molecular weight is 463 g/mol. The largest absolute Gasteiger partial charge is 0.356 e. The van der Waals surface area contributed by atoms with Gasteiger partial charge in [0.1, 0.15) is 11.4 Å². The lowest BCUT2D eigenvalue weighted by Crippen LogP contribution is -2.55. The molecule has 2 aromatic rings. The van der Waals surface area contributed by atoms with Crippen molar-refractivity contribution in [2.45, 2.75) is 18.5 Å². The number of nitrogens with one attached hydrogen (secondary N) is 3. The van der Waals surface area contributed by atoms with Crippen molar-refractivity contribution in [2.75, 3.05) is 31.5 Å². The molecule has 178 valence electrons. The third-order valence-electron chi connectivity index (χ3n) is 6.55. The van der Waals surface area contributed by atoms with Crippen LogP contribution in [0.4, 0.5) is 5.69 Å². The number of pyridine rings is 1. The smallest absolute Gasteiger partial charge is 0.276 e. The van der Waals surface area contributed by atoms with Crippen molar-refractivity contribution in [1.29, 1.82) is 0 Å². The molecule has 1 saturated carbocycles. The molecular weight excluding hydrogens is 432 g/mol. The van der Waals surface area contributed by atoms with Crippen molar-refractivity contribution in [1.82, 2.24) is 30.3 Å². The number of nitrogens with two attached hydrogens (primary N) is 1. The highest BCUT2D eigenvalue weighted by Gasteiger charge is 2.36. The fourth-order valence-corrected chi connectivity index (χ4v) is 4.29. The van der Waals surface area contributed by atoms with Crippen LogP contribution in [0.1, 0.15) is 28.9 Å². The minimum atomic E-state index is -0.727. The molecule has 4 heterocycles. The number of hydrogen-bond donors (Lipinski definition) is 4. The van der Waals surface area contributed by atoms with Crippen molar-refractivity contribution in [3.63, 3.8) is 0 Å². The number of rotatable bonds is 8. The van der Waals surface area contributed by atoms with Crippen LogP contribution in [0.3, 0.4) is 0 Å². The summed E-state index contributed by atoms with van der Waals surface area (Å²) in [6.45, 7) is 2.61. The molecule has 0 radical (unpaired) electrons. The van der Waals surface area contributed by atoms with Crippen molar-refractivity contribution in [3.05, 3.63) is 65.9 Å². The molecule has 3 aliphatic rings. The van der Waals surface area contributed by atoms with Crippen LogP contribution in [0.25, 0.3) is 0 Å². The maximum atomic E-state index is 13.3. The Kier molecular flexibility index (Phi) is 5.93. The van der Waals surface area contributed by atoms with Crippen molar-refractivity contribution < 1.29 is 9.59 Å². The number of hydrogen-bond acceptors (Lipinski definition) is 7. The van der Waals surface area contributed by atoms with Gasteiger partial charge in [0.15, 0.2) is 5.69 Å². The molecule has 1 saturated heterocycles. The number of anilines is 1. The molecule has 2 fully saturated rings. The van der Waals surface area contributed by atoms with E-state index in [1.807, 2.05) is 24.3 Å². The van der Waals surface area contributed by atoms with E-state index in [-0.39, 0.29) is 17.5 Å². The van der Waals surface area contributed by atoms with Gasteiger partial charge in [-0.25, -0.2) is 0 Å². The van der Waals surface area contributed by atoms with Crippen LogP contribution in [0, 0.1) is 11.8 Å². The van der Waals surface area contributed by atoms with E-state index in [2.05, 4.69) is 26.0 Å². The van der Waals surface area contributed by atoms with E-state index in [0.29, 0.717) is 42.9 Å². The number of aryl methyl sites for hydroxylation is 1. The Labute approximate surface area is 198 Å². The number of likely N-dealkylation sites (tertiary alicyclic amines) is 1. The zero-order chi connectivity index (χ0) is 23.7. The first-order chi connectivity index (χ1) is 16.5. The minimum Gasteiger partial charge on any atom is -0.356 e. The maximum absolute atomic E-state index is 13.3. The SMILES string of the molecule is Cn1cc(NC(=O)C2=CC=CC(NCC3CC3)(c3ccncc3)N2)c(C(=O)N2CC(CN)C2)n1.